The Bertz CT molecular complexity index is 403. The Kier molecular flexibility index (Phi) is 3.24. The molecule has 0 saturated carbocycles. The van der Waals surface area contributed by atoms with Crippen molar-refractivity contribution in [2.75, 3.05) is 0 Å². The topological polar surface area (TPSA) is 40.1 Å². The predicted octanol–water partition coefficient (Wildman–Crippen LogP) is 2.42. The fourth-order valence-electron chi connectivity index (χ4n) is 1.67. The molecule has 0 amide bonds. The van der Waals surface area contributed by atoms with E-state index >= 15 is 0 Å². The third-order valence-electron chi connectivity index (χ3n) is 2.40. The van der Waals surface area contributed by atoms with Gasteiger partial charge in [-0.25, -0.2) is 0 Å². The monoisotopic (exact) mass is 269 g/mol. The van der Waals surface area contributed by atoms with E-state index in [0.717, 1.165) is 15.6 Å². The fourth-order valence-corrected chi connectivity index (χ4v) is 2.13. The predicted molar refractivity (Wildman–Crippen MR) is 61.9 cm³/mol. The normalized spacial score (nSPS) is 11.5. The molecule has 0 unspecified atom stereocenters. The Morgan fingerprint density at radius 1 is 1.33 bits per heavy atom. The smallest absolute Gasteiger partial charge is 0.0718 e. The summed E-state index contributed by atoms with van der Waals surface area (Å²) in [4.78, 5) is 10.9. The molecule has 0 aliphatic carbocycles. The summed E-state index contributed by atoms with van der Waals surface area (Å²) in [5.41, 5.74) is 1.99. The molecular weight excluding hydrogens is 256 g/mol. The number of hydrogen-bond acceptors (Lipinski definition) is 2. The summed E-state index contributed by atoms with van der Waals surface area (Å²) in [5, 5.41) is 10.9. The van der Waals surface area contributed by atoms with Crippen LogP contribution < -0.4 is 5.11 Å². The molecule has 0 spiro atoms. The van der Waals surface area contributed by atoms with E-state index in [-0.39, 0.29) is 11.0 Å². The second-order valence-corrected chi connectivity index (χ2v) is 5.58. The van der Waals surface area contributed by atoms with Crippen LogP contribution in [0.3, 0.4) is 0 Å². The van der Waals surface area contributed by atoms with Crippen molar-refractivity contribution in [3.05, 3.63) is 33.3 Å². The number of carboxylic acid groups (broad SMARTS) is 1. The van der Waals surface area contributed by atoms with Crippen LogP contribution in [-0.4, -0.2) is 5.97 Å². The minimum absolute atomic E-state index is 0.0714. The Hall–Kier alpha value is -0.830. The van der Waals surface area contributed by atoms with Crippen LogP contribution in [0.4, 0.5) is 0 Å². The Morgan fingerprint density at radius 2 is 1.87 bits per heavy atom. The minimum atomic E-state index is -1.13. The van der Waals surface area contributed by atoms with Gasteiger partial charge in [0.05, 0.1) is 5.97 Å². The summed E-state index contributed by atoms with van der Waals surface area (Å²) in [6, 6.07) is 3.54. The number of benzene rings is 1. The summed E-state index contributed by atoms with van der Waals surface area (Å²) in [6.45, 7) is 7.99. The molecule has 1 aromatic rings. The van der Waals surface area contributed by atoms with Gasteiger partial charge in [0.2, 0.25) is 0 Å². The Labute approximate surface area is 98.4 Å². The zero-order valence-electron chi connectivity index (χ0n) is 9.35. The highest BCUT2D eigenvalue weighted by Crippen LogP contribution is 2.30. The molecule has 3 heteroatoms. The molecule has 0 aliphatic heterocycles. The van der Waals surface area contributed by atoms with E-state index in [2.05, 4.69) is 36.7 Å². The first kappa shape index (κ1) is 12.2. The van der Waals surface area contributed by atoms with Crippen LogP contribution in [0.1, 0.15) is 42.3 Å². The zero-order valence-corrected chi connectivity index (χ0v) is 10.9. The van der Waals surface area contributed by atoms with Crippen molar-refractivity contribution in [2.24, 2.45) is 0 Å². The molecule has 0 aliphatic rings. The maximum Gasteiger partial charge on any atom is 0.0718 e. The molecule has 15 heavy (non-hydrogen) atoms. The minimum Gasteiger partial charge on any atom is -0.545 e. The van der Waals surface area contributed by atoms with Gasteiger partial charge in [-0.1, -0.05) is 36.7 Å². The molecule has 0 saturated heterocycles. The molecular formula is C12H14BrO2-. The standard InChI is InChI=1S/C12H15BrO2/c1-7-9(11(14)15)5-8(13)6-10(7)12(2,3)4/h5-6H,1-4H3,(H,14,15)/p-1. The second-order valence-electron chi connectivity index (χ2n) is 4.66. The third kappa shape index (κ3) is 2.59. The van der Waals surface area contributed by atoms with E-state index in [1.54, 1.807) is 6.07 Å². The second kappa shape index (κ2) is 3.97. The number of aromatic carboxylic acids is 1. The van der Waals surface area contributed by atoms with Gasteiger partial charge in [-0.2, -0.15) is 0 Å². The van der Waals surface area contributed by atoms with Gasteiger partial charge in [-0.3, -0.25) is 0 Å². The number of carbonyl (C=O) groups excluding carboxylic acids is 1. The summed E-state index contributed by atoms with van der Waals surface area (Å²) in [7, 11) is 0. The van der Waals surface area contributed by atoms with Gasteiger partial charge in [0.1, 0.15) is 0 Å². The molecule has 2 nitrogen and oxygen atoms in total. The van der Waals surface area contributed by atoms with Crippen LogP contribution in [-0.2, 0) is 5.41 Å². The highest BCUT2D eigenvalue weighted by atomic mass is 79.9. The first-order valence-corrected chi connectivity index (χ1v) is 5.54. The first-order valence-electron chi connectivity index (χ1n) is 4.75. The Morgan fingerprint density at radius 3 is 2.27 bits per heavy atom. The van der Waals surface area contributed by atoms with Gasteiger partial charge in [0.15, 0.2) is 0 Å². The number of carboxylic acids is 1. The SMILES string of the molecule is Cc1c(C(=O)[O-])cc(Br)cc1C(C)(C)C. The van der Waals surface area contributed by atoms with Crippen LogP contribution in [0, 0.1) is 6.92 Å². The third-order valence-corrected chi connectivity index (χ3v) is 2.86. The largest absolute Gasteiger partial charge is 0.545 e. The number of halogens is 1. The van der Waals surface area contributed by atoms with Crippen LogP contribution in [0.25, 0.3) is 0 Å². The summed E-state index contributed by atoms with van der Waals surface area (Å²) in [6.07, 6.45) is 0. The van der Waals surface area contributed by atoms with Crippen molar-refractivity contribution in [3.63, 3.8) is 0 Å². The highest BCUT2D eigenvalue weighted by molar-refractivity contribution is 9.10. The number of carbonyl (C=O) groups is 1. The molecule has 0 N–H and O–H groups in total. The van der Waals surface area contributed by atoms with Crippen LogP contribution in [0.2, 0.25) is 0 Å². The Balaban J connectivity index is 3.49. The summed E-state index contributed by atoms with van der Waals surface area (Å²) >= 11 is 3.32. The average Bonchev–Trinajstić information content (AvgIpc) is 2.06. The molecule has 0 bridgehead atoms. The lowest BCUT2D eigenvalue weighted by Gasteiger charge is -2.24. The van der Waals surface area contributed by atoms with E-state index in [9.17, 15) is 9.90 Å². The lowest BCUT2D eigenvalue weighted by atomic mass is 9.82. The molecule has 0 radical (unpaired) electrons. The van der Waals surface area contributed by atoms with Crippen LogP contribution >= 0.6 is 15.9 Å². The van der Waals surface area contributed by atoms with E-state index in [1.165, 1.54) is 0 Å². The highest BCUT2D eigenvalue weighted by Gasteiger charge is 2.18. The zero-order chi connectivity index (χ0) is 11.8. The van der Waals surface area contributed by atoms with Crippen LogP contribution in [0.5, 0.6) is 0 Å². The lowest BCUT2D eigenvalue weighted by molar-refractivity contribution is -0.255. The van der Waals surface area contributed by atoms with Gasteiger partial charge in [0.25, 0.3) is 0 Å². The van der Waals surface area contributed by atoms with Crippen molar-refractivity contribution >= 4 is 21.9 Å². The molecule has 1 rings (SSSR count). The number of hydrogen-bond donors (Lipinski definition) is 0. The maximum atomic E-state index is 10.9. The molecule has 0 heterocycles. The molecule has 0 fully saturated rings. The van der Waals surface area contributed by atoms with Crippen molar-refractivity contribution in [1.82, 2.24) is 0 Å². The summed E-state index contributed by atoms with van der Waals surface area (Å²) in [5.74, 6) is -1.13. The van der Waals surface area contributed by atoms with E-state index < -0.39 is 5.97 Å². The first-order chi connectivity index (χ1) is 6.73. The molecule has 0 atom stereocenters. The molecule has 82 valence electrons. The number of rotatable bonds is 1. The van der Waals surface area contributed by atoms with Gasteiger partial charge in [0, 0.05) is 10.0 Å². The van der Waals surface area contributed by atoms with Crippen molar-refractivity contribution in [1.29, 1.82) is 0 Å². The van der Waals surface area contributed by atoms with Crippen LogP contribution in [0.15, 0.2) is 16.6 Å². The quantitative estimate of drug-likeness (QED) is 0.786. The van der Waals surface area contributed by atoms with Crippen molar-refractivity contribution in [2.45, 2.75) is 33.1 Å². The van der Waals surface area contributed by atoms with E-state index in [1.807, 2.05) is 13.0 Å². The fraction of sp³-hybridized carbons (Fsp3) is 0.417. The van der Waals surface area contributed by atoms with E-state index in [0.29, 0.717) is 0 Å². The maximum absolute atomic E-state index is 10.9. The van der Waals surface area contributed by atoms with Gasteiger partial charge in [-0.15, -0.1) is 0 Å². The van der Waals surface area contributed by atoms with Crippen molar-refractivity contribution in [3.8, 4) is 0 Å². The van der Waals surface area contributed by atoms with Gasteiger partial charge < -0.3 is 9.90 Å². The lowest BCUT2D eigenvalue weighted by Crippen LogP contribution is -2.25. The average molecular weight is 270 g/mol. The molecule has 1 aromatic carbocycles. The molecule has 0 aromatic heterocycles. The summed E-state index contributed by atoms with van der Waals surface area (Å²) < 4.78 is 0.775. The van der Waals surface area contributed by atoms with E-state index in [4.69, 9.17) is 0 Å². The van der Waals surface area contributed by atoms with Gasteiger partial charge in [-0.05, 0) is 35.6 Å². The van der Waals surface area contributed by atoms with Crippen molar-refractivity contribution < 1.29 is 9.90 Å². The van der Waals surface area contributed by atoms with Gasteiger partial charge >= 0.3 is 0 Å².